The summed E-state index contributed by atoms with van der Waals surface area (Å²) in [5.41, 5.74) is 5.94. The molecule has 1 fully saturated rings. The lowest BCUT2D eigenvalue weighted by Crippen LogP contribution is -2.68. The molecule has 0 amide bonds. The Morgan fingerprint density at radius 2 is 2.24 bits per heavy atom. The van der Waals surface area contributed by atoms with Crippen molar-refractivity contribution in [2.24, 2.45) is 11.7 Å². The van der Waals surface area contributed by atoms with Crippen LogP contribution in [0.3, 0.4) is 0 Å². The van der Waals surface area contributed by atoms with E-state index in [1.165, 1.54) is 0 Å². The van der Waals surface area contributed by atoms with E-state index in [2.05, 4.69) is 29.1 Å². The quantitative estimate of drug-likeness (QED) is 0.795. The number of hydrogen-bond donors (Lipinski definition) is 2. The first-order chi connectivity index (χ1) is 8.01. The van der Waals surface area contributed by atoms with E-state index < -0.39 is 0 Å². The Labute approximate surface area is 106 Å². The van der Waals surface area contributed by atoms with Gasteiger partial charge >= 0.3 is 0 Å². The van der Waals surface area contributed by atoms with Gasteiger partial charge in [-0.3, -0.25) is 0 Å². The summed E-state index contributed by atoms with van der Waals surface area (Å²) >= 11 is 5.75. The maximum Gasteiger partial charge on any atom is 0.224 e. The van der Waals surface area contributed by atoms with E-state index in [0.29, 0.717) is 24.9 Å². The number of nitrogens with one attached hydrogen (secondary N) is 1. The second-order valence-electron chi connectivity index (χ2n) is 4.80. The number of ether oxygens (including phenoxy) is 1. The Balaban J connectivity index is 2.13. The van der Waals surface area contributed by atoms with E-state index in [0.717, 1.165) is 0 Å². The summed E-state index contributed by atoms with van der Waals surface area (Å²) in [5, 5.41) is 3.55. The number of hydrogen-bond acceptors (Lipinski definition) is 5. The van der Waals surface area contributed by atoms with Gasteiger partial charge in [0.25, 0.3) is 0 Å². The Bertz CT molecular complexity index is 395. The Kier molecular flexibility index (Phi) is 3.51. The molecule has 6 heteroatoms. The molecular weight excluding hydrogens is 240 g/mol. The highest BCUT2D eigenvalue weighted by molar-refractivity contribution is 6.28. The van der Waals surface area contributed by atoms with Crippen molar-refractivity contribution in [3.63, 3.8) is 0 Å². The summed E-state index contributed by atoms with van der Waals surface area (Å²) in [6, 6.07) is 1.88. The number of anilines is 1. The molecule has 2 rings (SSSR count). The first kappa shape index (κ1) is 12.5. The van der Waals surface area contributed by atoms with Crippen molar-refractivity contribution in [1.82, 2.24) is 9.97 Å². The summed E-state index contributed by atoms with van der Waals surface area (Å²) in [5.74, 6) is 1.07. The zero-order valence-corrected chi connectivity index (χ0v) is 10.7. The topological polar surface area (TPSA) is 73.1 Å². The van der Waals surface area contributed by atoms with Gasteiger partial charge in [0.2, 0.25) is 5.28 Å². The normalized spacial score (nSPS) is 19.8. The van der Waals surface area contributed by atoms with E-state index in [1.807, 2.05) is 0 Å². The third-order valence-electron chi connectivity index (χ3n) is 2.96. The van der Waals surface area contributed by atoms with Gasteiger partial charge in [-0.2, -0.15) is 0 Å². The van der Waals surface area contributed by atoms with Crippen LogP contribution < -0.4 is 11.1 Å². The summed E-state index contributed by atoms with van der Waals surface area (Å²) in [4.78, 5) is 7.96. The molecule has 1 saturated heterocycles. The van der Waals surface area contributed by atoms with E-state index >= 15 is 0 Å². The lowest BCUT2D eigenvalue weighted by molar-refractivity contribution is -0.0684. The third-order valence-corrected chi connectivity index (χ3v) is 3.14. The molecule has 0 radical (unpaired) electrons. The lowest BCUT2D eigenvalue weighted by Gasteiger charge is -2.46. The number of halogens is 1. The molecule has 94 valence electrons. The molecule has 0 bridgehead atoms. The fourth-order valence-corrected chi connectivity index (χ4v) is 2.21. The van der Waals surface area contributed by atoms with Crippen molar-refractivity contribution >= 4 is 17.4 Å². The SMILES string of the molecule is CC(C)C(Nc1ccnc(Cl)n1)C1(N)COC1. The smallest absolute Gasteiger partial charge is 0.224 e. The van der Waals surface area contributed by atoms with Crippen LogP contribution in [0.25, 0.3) is 0 Å². The summed E-state index contributed by atoms with van der Waals surface area (Å²) in [7, 11) is 0. The molecule has 1 aliphatic rings. The lowest BCUT2D eigenvalue weighted by atomic mass is 9.82. The van der Waals surface area contributed by atoms with Gasteiger partial charge in [-0.15, -0.1) is 0 Å². The minimum absolute atomic E-state index is 0.0993. The number of nitrogens with zero attached hydrogens (tertiary/aromatic N) is 2. The van der Waals surface area contributed by atoms with Crippen LogP contribution in [0, 0.1) is 5.92 Å². The first-order valence-electron chi connectivity index (χ1n) is 5.63. The third kappa shape index (κ3) is 2.68. The van der Waals surface area contributed by atoms with Crippen molar-refractivity contribution < 1.29 is 4.74 Å². The monoisotopic (exact) mass is 256 g/mol. The zero-order valence-electron chi connectivity index (χ0n) is 9.98. The van der Waals surface area contributed by atoms with Crippen molar-refractivity contribution in [3.8, 4) is 0 Å². The minimum atomic E-state index is -0.328. The Morgan fingerprint density at radius 1 is 1.53 bits per heavy atom. The van der Waals surface area contributed by atoms with Gasteiger partial charge in [0.1, 0.15) is 5.82 Å². The molecule has 2 heterocycles. The molecule has 5 nitrogen and oxygen atoms in total. The van der Waals surface area contributed by atoms with Crippen LogP contribution in [-0.4, -0.2) is 34.8 Å². The molecule has 0 aromatic carbocycles. The van der Waals surface area contributed by atoms with Crippen LogP contribution in [0.15, 0.2) is 12.3 Å². The molecule has 0 saturated carbocycles. The first-order valence-corrected chi connectivity index (χ1v) is 6.01. The van der Waals surface area contributed by atoms with Crippen LogP contribution in [-0.2, 0) is 4.74 Å². The Hall–Kier alpha value is -0.910. The predicted octanol–water partition coefficient (Wildman–Crippen LogP) is 1.29. The molecule has 0 aliphatic carbocycles. The zero-order chi connectivity index (χ0) is 12.5. The highest BCUT2D eigenvalue weighted by Crippen LogP contribution is 2.26. The van der Waals surface area contributed by atoms with E-state index in [9.17, 15) is 0 Å². The van der Waals surface area contributed by atoms with Crippen LogP contribution in [0.4, 0.5) is 5.82 Å². The van der Waals surface area contributed by atoms with E-state index in [1.54, 1.807) is 12.3 Å². The highest BCUT2D eigenvalue weighted by atomic mass is 35.5. The molecular formula is C11H17ClN4O. The van der Waals surface area contributed by atoms with Crippen molar-refractivity contribution in [2.45, 2.75) is 25.4 Å². The molecule has 17 heavy (non-hydrogen) atoms. The minimum Gasteiger partial charge on any atom is -0.377 e. The Morgan fingerprint density at radius 3 is 2.71 bits per heavy atom. The fraction of sp³-hybridized carbons (Fsp3) is 0.636. The number of rotatable bonds is 4. The van der Waals surface area contributed by atoms with Crippen LogP contribution >= 0.6 is 11.6 Å². The van der Waals surface area contributed by atoms with Crippen LogP contribution in [0.1, 0.15) is 13.8 Å². The van der Waals surface area contributed by atoms with Crippen molar-refractivity contribution in [2.75, 3.05) is 18.5 Å². The summed E-state index contributed by atoms with van der Waals surface area (Å²) in [6.45, 7) is 5.38. The molecule has 0 spiro atoms. The molecule has 1 aromatic rings. The van der Waals surface area contributed by atoms with Gasteiger partial charge in [-0.25, -0.2) is 9.97 Å². The van der Waals surface area contributed by atoms with Gasteiger partial charge < -0.3 is 15.8 Å². The maximum absolute atomic E-state index is 6.27. The van der Waals surface area contributed by atoms with E-state index in [4.69, 9.17) is 22.1 Å². The molecule has 1 unspecified atom stereocenters. The average molecular weight is 257 g/mol. The molecule has 1 aromatic heterocycles. The van der Waals surface area contributed by atoms with Crippen molar-refractivity contribution in [1.29, 1.82) is 0 Å². The second kappa shape index (κ2) is 4.76. The number of aromatic nitrogens is 2. The maximum atomic E-state index is 6.27. The standard InChI is InChI=1S/C11H17ClN4O/c1-7(2)9(11(13)5-17-6-11)15-8-3-4-14-10(12)16-8/h3-4,7,9H,5-6,13H2,1-2H3,(H,14,15,16). The summed E-state index contributed by atoms with van der Waals surface area (Å²) < 4.78 is 5.21. The molecule has 3 N–H and O–H groups in total. The number of nitrogens with two attached hydrogens (primary N) is 1. The predicted molar refractivity (Wildman–Crippen MR) is 67.0 cm³/mol. The highest BCUT2D eigenvalue weighted by Gasteiger charge is 2.43. The fourth-order valence-electron chi connectivity index (χ4n) is 2.07. The van der Waals surface area contributed by atoms with Crippen molar-refractivity contribution in [3.05, 3.63) is 17.5 Å². The molecule has 1 aliphatic heterocycles. The second-order valence-corrected chi connectivity index (χ2v) is 5.14. The molecule has 1 atom stereocenters. The van der Waals surface area contributed by atoms with Gasteiger partial charge in [0, 0.05) is 6.20 Å². The average Bonchev–Trinajstić information content (AvgIpc) is 2.22. The summed E-state index contributed by atoms with van der Waals surface area (Å²) in [6.07, 6.45) is 1.62. The largest absolute Gasteiger partial charge is 0.377 e. The van der Waals surface area contributed by atoms with Gasteiger partial charge in [0.05, 0.1) is 24.8 Å². The van der Waals surface area contributed by atoms with Gasteiger partial charge in [-0.1, -0.05) is 13.8 Å². The van der Waals surface area contributed by atoms with Crippen LogP contribution in [0.2, 0.25) is 5.28 Å². The van der Waals surface area contributed by atoms with Gasteiger partial charge in [0.15, 0.2) is 0 Å². The van der Waals surface area contributed by atoms with Gasteiger partial charge in [-0.05, 0) is 23.6 Å². The van der Waals surface area contributed by atoms with E-state index in [-0.39, 0.29) is 16.9 Å². The van der Waals surface area contributed by atoms with Crippen LogP contribution in [0.5, 0.6) is 0 Å².